The van der Waals surface area contributed by atoms with Crippen LogP contribution in [0, 0.1) is 29.4 Å². The molecule has 1 heterocycles. The Kier molecular flexibility index (Phi) is 5.97. The molecule has 4 atom stereocenters. The molecule has 0 radical (unpaired) electrons. The molecule has 6 nitrogen and oxygen atoms in total. The molecule has 6 rings (SSSR count). The van der Waals surface area contributed by atoms with Gasteiger partial charge in [0.15, 0.2) is 0 Å². The Balaban J connectivity index is 1.30. The lowest BCUT2D eigenvalue weighted by atomic mass is 9.80. The molecule has 37 heavy (non-hydrogen) atoms. The molecule has 1 aliphatic heterocycles. The maximum absolute atomic E-state index is 14.6. The number of benzene rings is 2. The van der Waals surface area contributed by atoms with Crippen LogP contribution in [0.5, 0.6) is 0 Å². The first-order valence-corrected chi connectivity index (χ1v) is 14.1. The minimum absolute atomic E-state index is 0.0130. The Morgan fingerprint density at radius 1 is 1.11 bits per heavy atom. The Morgan fingerprint density at radius 2 is 1.84 bits per heavy atom. The van der Waals surface area contributed by atoms with E-state index in [1.807, 2.05) is 11.2 Å². The third-order valence-electron chi connectivity index (χ3n) is 7.99. The van der Waals surface area contributed by atoms with E-state index in [1.165, 1.54) is 45.8 Å². The van der Waals surface area contributed by atoms with Crippen molar-refractivity contribution >= 4 is 15.7 Å². The standard InChI is InChI=1S/C28H29F2N3O3S/c1-17-23-14-31-33(22-10-8-21(29)9-11-22)25(23)12-18-6-7-19(28(17)18)15-32(16-20-13-26(20)34)37(35,36)27-5-3-2-4-24(27)30/h2-5,8-12,14,17,19-20,26,31,34H,6-7,13,15-16H2,1H3/t17-,19+,20?,26?/m0/s1. The van der Waals surface area contributed by atoms with Crippen LogP contribution in [0.25, 0.3) is 0 Å². The van der Waals surface area contributed by atoms with Crippen LogP contribution >= 0.6 is 0 Å². The van der Waals surface area contributed by atoms with Gasteiger partial charge in [-0.05, 0) is 73.2 Å². The number of fused-ring (bicyclic) bond motifs is 1. The molecule has 2 N–H and O–H groups in total. The van der Waals surface area contributed by atoms with Gasteiger partial charge in [-0.25, -0.2) is 17.2 Å². The Hall–Kier alpha value is -3.01. The predicted molar refractivity (Wildman–Crippen MR) is 136 cm³/mol. The molecule has 0 amide bonds. The summed E-state index contributed by atoms with van der Waals surface area (Å²) in [4.78, 5) is -0.325. The van der Waals surface area contributed by atoms with Gasteiger partial charge in [0.25, 0.3) is 0 Å². The molecule has 2 aromatic rings. The number of nitrogens with one attached hydrogen (secondary N) is 1. The number of nitrogens with zero attached hydrogens (tertiary/aromatic N) is 2. The number of hydrazine groups is 1. The number of hydrogen-bond donors (Lipinski definition) is 2. The fraction of sp³-hybridized carbons (Fsp3) is 0.357. The third kappa shape index (κ3) is 4.28. The summed E-state index contributed by atoms with van der Waals surface area (Å²) in [6.07, 6.45) is 5.76. The summed E-state index contributed by atoms with van der Waals surface area (Å²) < 4.78 is 56.5. The number of sulfonamides is 1. The van der Waals surface area contributed by atoms with E-state index in [2.05, 4.69) is 18.4 Å². The van der Waals surface area contributed by atoms with E-state index in [9.17, 15) is 22.3 Å². The Bertz CT molecular complexity index is 1430. The highest BCUT2D eigenvalue weighted by molar-refractivity contribution is 7.89. The van der Waals surface area contributed by atoms with Crippen molar-refractivity contribution in [3.05, 3.63) is 94.9 Å². The second-order valence-corrected chi connectivity index (χ2v) is 12.2. The van der Waals surface area contributed by atoms with Crippen LogP contribution < -0.4 is 10.4 Å². The largest absolute Gasteiger partial charge is 0.393 e. The number of halogens is 2. The van der Waals surface area contributed by atoms with Crippen molar-refractivity contribution in [3.8, 4) is 0 Å². The van der Waals surface area contributed by atoms with Crippen molar-refractivity contribution in [1.29, 1.82) is 0 Å². The second-order valence-electron chi connectivity index (χ2n) is 10.3. The average molecular weight is 526 g/mol. The predicted octanol–water partition coefficient (Wildman–Crippen LogP) is 4.49. The number of rotatable bonds is 7. The van der Waals surface area contributed by atoms with Gasteiger partial charge in [0, 0.05) is 36.7 Å². The molecule has 9 heteroatoms. The summed E-state index contributed by atoms with van der Waals surface area (Å²) in [5, 5.41) is 11.9. The van der Waals surface area contributed by atoms with Gasteiger partial charge in [0.2, 0.25) is 10.0 Å². The smallest absolute Gasteiger partial charge is 0.246 e. The third-order valence-corrected chi connectivity index (χ3v) is 9.85. The van der Waals surface area contributed by atoms with Crippen molar-refractivity contribution < 1.29 is 22.3 Å². The van der Waals surface area contributed by atoms with Crippen molar-refractivity contribution in [2.75, 3.05) is 18.1 Å². The fourth-order valence-electron chi connectivity index (χ4n) is 5.91. The Labute approximate surface area is 215 Å². The topological polar surface area (TPSA) is 72.9 Å². The minimum Gasteiger partial charge on any atom is -0.393 e. The van der Waals surface area contributed by atoms with E-state index in [1.54, 1.807) is 12.1 Å². The molecule has 2 aromatic carbocycles. The summed E-state index contributed by atoms with van der Waals surface area (Å²) in [5.74, 6) is -1.14. The van der Waals surface area contributed by atoms with Crippen LogP contribution in [-0.4, -0.2) is 37.0 Å². The molecular formula is C28H29F2N3O3S. The van der Waals surface area contributed by atoms with Gasteiger partial charge in [-0.3, -0.25) is 5.01 Å². The van der Waals surface area contributed by atoms with Gasteiger partial charge in [-0.2, -0.15) is 4.31 Å². The molecule has 1 saturated carbocycles. The van der Waals surface area contributed by atoms with Gasteiger partial charge in [-0.1, -0.05) is 24.6 Å². The van der Waals surface area contributed by atoms with Crippen LogP contribution in [0.4, 0.5) is 14.5 Å². The van der Waals surface area contributed by atoms with Crippen molar-refractivity contribution in [1.82, 2.24) is 9.73 Å². The molecule has 194 valence electrons. The lowest BCUT2D eigenvalue weighted by Gasteiger charge is -2.32. The molecule has 3 aliphatic carbocycles. The number of anilines is 1. The highest BCUT2D eigenvalue weighted by Crippen LogP contribution is 2.48. The molecule has 4 aliphatic rings. The van der Waals surface area contributed by atoms with E-state index in [0.717, 1.165) is 35.9 Å². The van der Waals surface area contributed by atoms with Gasteiger partial charge < -0.3 is 10.5 Å². The van der Waals surface area contributed by atoms with E-state index in [-0.39, 0.29) is 41.6 Å². The number of aliphatic hydroxyl groups excluding tert-OH is 1. The van der Waals surface area contributed by atoms with Gasteiger partial charge in [-0.15, -0.1) is 0 Å². The first-order valence-electron chi connectivity index (χ1n) is 12.6. The Morgan fingerprint density at radius 3 is 2.54 bits per heavy atom. The van der Waals surface area contributed by atoms with Crippen molar-refractivity contribution in [2.45, 2.75) is 37.2 Å². The zero-order chi connectivity index (χ0) is 25.9. The van der Waals surface area contributed by atoms with E-state index in [4.69, 9.17) is 0 Å². The SMILES string of the molecule is C[C@H]1C2=CNN(c3ccc(F)cc3)C2=CC2=C1[C@@H](CN(CC1CC1O)S(=O)(=O)c1ccccc1F)CC2. The van der Waals surface area contributed by atoms with E-state index < -0.39 is 21.9 Å². The highest BCUT2D eigenvalue weighted by Gasteiger charge is 2.43. The van der Waals surface area contributed by atoms with Crippen LogP contribution in [-0.2, 0) is 10.0 Å². The van der Waals surface area contributed by atoms with Crippen LogP contribution in [0.2, 0.25) is 0 Å². The number of hydrogen-bond acceptors (Lipinski definition) is 5. The maximum atomic E-state index is 14.6. The first kappa shape index (κ1) is 24.3. The average Bonchev–Trinajstić information content (AvgIpc) is 3.23. The van der Waals surface area contributed by atoms with Crippen molar-refractivity contribution in [2.24, 2.45) is 17.8 Å². The molecule has 2 unspecified atom stereocenters. The summed E-state index contributed by atoms with van der Waals surface area (Å²) >= 11 is 0. The highest BCUT2D eigenvalue weighted by atomic mass is 32.2. The molecule has 0 spiro atoms. The summed E-state index contributed by atoms with van der Waals surface area (Å²) in [5.41, 5.74) is 8.61. The molecule has 0 bridgehead atoms. The summed E-state index contributed by atoms with van der Waals surface area (Å²) in [7, 11) is -4.08. The lowest BCUT2D eigenvalue weighted by molar-refractivity contribution is 0.243. The molecule has 0 aromatic heterocycles. The summed E-state index contributed by atoms with van der Waals surface area (Å²) in [6, 6.07) is 11.8. The van der Waals surface area contributed by atoms with Crippen LogP contribution in [0.1, 0.15) is 26.2 Å². The van der Waals surface area contributed by atoms with Crippen LogP contribution in [0.15, 0.2) is 88.1 Å². The van der Waals surface area contributed by atoms with E-state index >= 15 is 0 Å². The van der Waals surface area contributed by atoms with Gasteiger partial charge in [0.1, 0.15) is 16.5 Å². The minimum atomic E-state index is -4.08. The lowest BCUT2D eigenvalue weighted by Crippen LogP contribution is -2.38. The van der Waals surface area contributed by atoms with E-state index in [0.29, 0.717) is 6.42 Å². The molecule has 1 fully saturated rings. The van der Waals surface area contributed by atoms with Gasteiger partial charge >= 0.3 is 0 Å². The summed E-state index contributed by atoms with van der Waals surface area (Å²) in [6.45, 7) is 2.55. The normalized spacial score (nSPS) is 26.6. The zero-order valence-corrected chi connectivity index (χ0v) is 21.3. The number of allylic oxidation sites excluding steroid dienone is 3. The fourth-order valence-corrected chi connectivity index (χ4v) is 7.51. The van der Waals surface area contributed by atoms with Crippen molar-refractivity contribution in [3.63, 3.8) is 0 Å². The monoisotopic (exact) mass is 525 g/mol. The first-order chi connectivity index (χ1) is 17.7. The maximum Gasteiger partial charge on any atom is 0.246 e. The molecule has 0 saturated heterocycles. The van der Waals surface area contributed by atoms with Crippen LogP contribution in [0.3, 0.4) is 0 Å². The second kappa shape index (κ2) is 9.08. The zero-order valence-electron chi connectivity index (χ0n) is 20.4. The van der Waals surface area contributed by atoms with Gasteiger partial charge in [0.05, 0.1) is 17.5 Å². The number of aliphatic hydroxyl groups is 1. The quantitative estimate of drug-likeness (QED) is 0.558. The molecular weight excluding hydrogens is 496 g/mol.